The number of benzene rings is 1. The van der Waals surface area contributed by atoms with Crippen molar-refractivity contribution in [3.63, 3.8) is 0 Å². The van der Waals surface area contributed by atoms with Crippen molar-refractivity contribution in [1.82, 2.24) is 10.2 Å². The van der Waals surface area contributed by atoms with Crippen molar-refractivity contribution in [1.29, 1.82) is 0 Å². The van der Waals surface area contributed by atoms with Gasteiger partial charge >= 0.3 is 12.0 Å². The second-order valence-electron chi connectivity index (χ2n) is 5.59. The number of aryl methyl sites for hydroxylation is 1. The molecule has 0 aliphatic heterocycles. The molecule has 1 rings (SSSR count). The molecule has 1 atom stereocenters. The minimum Gasteiger partial charge on any atom is -0.481 e. The summed E-state index contributed by atoms with van der Waals surface area (Å²) in [7, 11) is 1.60. The fourth-order valence-electron chi connectivity index (χ4n) is 2.15. The number of urea groups is 1. The van der Waals surface area contributed by atoms with Gasteiger partial charge in [-0.05, 0) is 24.0 Å². The van der Waals surface area contributed by atoms with Gasteiger partial charge in [-0.3, -0.25) is 4.79 Å². The lowest BCUT2D eigenvalue weighted by Crippen LogP contribution is -2.41. The number of aliphatic carboxylic acids is 1. The van der Waals surface area contributed by atoms with Crippen LogP contribution in [0.3, 0.4) is 0 Å². The fraction of sp³-hybridized carbons (Fsp3) is 0.500. The van der Waals surface area contributed by atoms with Gasteiger partial charge in [-0.1, -0.05) is 38.1 Å². The Morgan fingerprint density at radius 1 is 1.29 bits per heavy atom. The molecule has 5 nitrogen and oxygen atoms in total. The van der Waals surface area contributed by atoms with E-state index < -0.39 is 5.97 Å². The highest BCUT2D eigenvalue weighted by Crippen LogP contribution is 2.24. The minimum atomic E-state index is -0.908. The van der Waals surface area contributed by atoms with Gasteiger partial charge in [0.05, 0.1) is 12.5 Å². The van der Waals surface area contributed by atoms with E-state index in [4.69, 9.17) is 5.11 Å². The number of nitrogens with one attached hydrogen (secondary N) is 1. The summed E-state index contributed by atoms with van der Waals surface area (Å²) in [6.07, 6.45) is -0.0549. The van der Waals surface area contributed by atoms with E-state index >= 15 is 0 Å². The molecule has 116 valence electrons. The van der Waals surface area contributed by atoms with Gasteiger partial charge in [0.25, 0.3) is 0 Å². The van der Waals surface area contributed by atoms with E-state index in [0.717, 1.165) is 11.1 Å². The summed E-state index contributed by atoms with van der Waals surface area (Å²) < 4.78 is 0. The number of carboxylic acid groups (broad SMARTS) is 1. The maximum atomic E-state index is 12.2. The average molecular weight is 292 g/mol. The highest BCUT2D eigenvalue weighted by molar-refractivity contribution is 5.75. The van der Waals surface area contributed by atoms with Gasteiger partial charge in [-0.15, -0.1) is 0 Å². The van der Waals surface area contributed by atoms with Gasteiger partial charge in [0.15, 0.2) is 0 Å². The Morgan fingerprint density at radius 2 is 1.90 bits per heavy atom. The average Bonchev–Trinajstić information content (AvgIpc) is 2.42. The summed E-state index contributed by atoms with van der Waals surface area (Å²) in [4.78, 5) is 24.1. The number of hydrogen-bond acceptors (Lipinski definition) is 2. The lowest BCUT2D eigenvalue weighted by molar-refractivity contribution is -0.137. The Hall–Kier alpha value is -2.04. The highest BCUT2D eigenvalue weighted by Gasteiger charge is 2.21. The second kappa shape index (κ2) is 7.67. The summed E-state index contributed by atoms with van der Waals surface area (Å²) in [5.41, 5.74) is 2.22. The van der Waals surface area contributed by atoms with E-state index in [1.165, 1.54) is 4.90 Å². The van der Waals surface area contributed by atoms with Crippen LogP contribution in [0.5, 0.6) is 0 Å². The molecule has 0 radical (unpaired) electrons. The van der Waals surface area contributed by atoms with Crippen molar-refractivity contribution in [3.8, 4) is 0 Å². The van der Waals surface area contributed by atoms with E-state index in [9.17, 15) is 9.59 Å². The summed E-state index contributed by atoms with van der Waals surface area (Å²) in [5.74, 6) is -0.670. The molecule has 5 heteroatoms. The van der Waals surface area contributed by atoms with Gasteiger partial charge in [-0.25, -0.2) is 4.79 Å². The van der Waals surface area contributed by atoms with E-state index in [1.807, 2.05) is 31.2 Å². The third kappa shape index (κ3) is 5.10. The smallest absolute Gasteiger partial charge is 0.317 e. The Morgan fingerprint density at radius 3 is 2.43 bits per heavy atom. The minimum absolute atomic E-state index is 0.0549. The number of amides is 2. The van der Waals surface area contributed by atoms with Crippen molar-refractivity contribution in [2.45, 2.75) is 33.2 Å². The lowest BCUT2D eigenvalue weighted by atomic mass is 9.93. The Balaban J connectivity index is 2.78. The molecule has 2 amide bonds. The predicted molar refractivity (Wildman–Crippen MR) is 82.2 cm³/mol. The molecule has 2 N–H and O–H groups in total. The lowest BCUT2D eigenvalue weighted by Gasteiger charge is -2.27. The molecule has 21 heavy (non-hydrogen) atoms. The number of hydrogen-bond donors (Lipinski definition) is 2. The molecule has 0 saturated carbocycles. The zero-order chi connectivity index (χ0) is 16.0. The van der Waals surface area contributed by atoms with Gasteiger partial charge in [0, 0.05) is 13.6 Å². The van der Waals surface area contributed by atoms with Gasteiger partial charge in [0.2, 0.25) is 0 Å². The van der Waals surface area contributed by atoms with Crippen LogP contribution in [0.2, 0.25) is 0 Å². The van der Waals surface area contributed by atoms with Crippen LogP contribution in [0.25, 0.3) is 0 Å². The number of carbonyl (C=O) groups is 2. The Bertz CT molecular complexity index is 500. The Kier molecular flexibility index (Phi) is 6.21. The van der Waals surface area contributed by atoms with E-state index in [2.05, 4.69) is 19.2 Å². The number of rotatable bonds is 6. The number of carbonyl (C=O) groups excluding carboxylic acids is 1. The van der Waals surface area contributed by atoms with Crippen LogP contribution in [-0.2, 0) is 4.79 Å². The molecule has 0 saturated heterocycles. The first-order chi connectivity index (χ1) is 9.82. The third-order valence-electron chi connectivity index (χ3n) is 3.48. The van der Waals surface area contributed by atoms with Crippen LogP contribution in [-0.4, -0.2) is 35.6 Å². The van der Waals surface area contributed by atoms with Crippen molar-refractivity contribution in [2.24, 2.45) is 5.92 Å². The quantitative estimate of drug-likeness (QED) is 0.847. The van der Waals surface area contributed by atoms with E-state index in [-0.39, 0.29) is 31.0 Å². The first-order valence-electron chi connectivity index (χ1n) is 7.12. The molecule has 1 unspecified atom stereocenters. The molecule has 0 heterocycles. The maximum absolute atomic E-state index is 12.2. The van der Waals surface area contributed by atoms with Crippen molar-refractivity contribution < 1.29 is 14.7 Å². The molecule has 0 bridgehead atoms. The van der Waals surface area contributed by atoms with E-state index in [1.54, 1.807) is 7.05 Å². The van der Waals surface area contributed by atoms with Gasteiger partial charge in [-0.2, -0.15) is 0 Å². The van der Waals surface area contributed by atoms with E-state index in [0.29, 0.717) is 0 Å². The van der Waals surface area contributed by atoms with Crippen molar-refractivity contribution in [2.75, 3.05) is 13.6 Å². The van der Waals surface area contributed by atoms with Crippen LogP contribution >= 0.6 is 0 Å². The van der Waals surface area contributed by atoms with Crippen LogP contribution in [0.15, 0.2) is 24.3 Å². The van der Waals surface area contributed by atoms with Crippen LogP contribution in [0, 0.1) is 12.8 Å². The summed E-state index contributed by atoms with van der Waals surface area (Å²) >= 11 is 0. The molecular weight excluding hydrogens is 268 g/mol. The standard InChI is InChI=1S/C16H24N2O3/c1-11(2)15(13-8-6-5-7-12(13)3)17-16(21)18(4)10-9-14(19)20/h5-8,11,15H,9-10H2,1-4H3,(H,17,21)(H,19,20). The summed E-state index contributed by atoms with van der Waals surface area (Å²) in [6.45, 7) is 6.31. The first kappa shape index (κ1) is 17.0. The van der Waals surface area contributed by atoms with Crippen LogP contribution < -0.4 is 5.32 Å². The zero-order valence-electron chi connectivity index (χ0n) is 13.1. The van der Waals surface area contributed by atoms with Gasteiger partial charge in [0.1, 0.15) is 0 Å². The topological polar surface area (TPSA) is 69.6 Å². The van der Waals surface area contributed by atoms with Crippen molar-refractivity contribution in [3.05, 3.63) is 35.4 Å². The second-order valence-corrected chi connectivity index (χ2v) is 5.59. The molecular formula is C16H24N2O3. The number of nitrogens with zero attached hydrogens (tertiary/aromatic N) is 1. The third-order valence-corrected chi connectivity index (χ3v) is 3.48. The normalized spacial score (nSPS) is 12.0. The fourth-order valence-corrected chi connectivity index (χ4v) is 2.15. The van der Waals surface area contributed by atoms with Crippen LogP contribution in [0.1, 0.15) is 37.4 Å². The zero-order valence-corrected chi connectivity index (χ0v) is 13.1. The summed E-state index contributed by atoms with van der Waals surface area (Å²) in [6, 6.07) is 7.61. The molecule has 0 aromatic heterocycles. The molecule has 0 aliphatic rings. The first-order valence-corrected chi connectivity index (χ1v) is 7.12. The number of carboxylic acids is 1. The molecule has 1 aromatic rings. The molecule has 1 aromatic carbocycles. The molecule has 0 fully saturated rings. The van der Waals surface area contributed by atoms with Crippen molar-refractivity contribution >= 4 is 12.0 Å². The largest absolute Gasteiger partial charge is 0.481 e. The Labute approximate surface area is 126 Å². The SMILES string of the molecule is Cc1ccccc1C(NC(=O)N(C)CCC(=O)O)C(C)C. The predicted octanol–water partition coefficient (Wildman–Crippen LogP) is 2.81. The van der Waals surface area contributed by atoms with Crippen LogP contribution in [0.4, 0.5) is 4.79 Å². The van der Waals surface area contributed by atoms with Gasteiger partial charge < -0.3 is 15.3 Å². The molecule has 0 aliphatic carbocycles. The maximum Gasteiger partial charge on any atom is 0.317 e. The highest BCUT2D eigenvalue weighted by atomic mass is 16.4. The summed E-state index contributed by atoms with van der Waals surface area (Å²) in [5, 5.41) is 11.7. The molecule has 0 spiro atoms. The monoisotopic (exact) mass is 292 g/mol.